The highest BCUT2D eigenvalue weighted by Crippen LogP contribution is 2.35. The highest BCUT2D eigenvalue weighted by Gasteiger charge is 2.41. The van der Waals surface area contributed by atoms with E-state index in [1.165, 1.54) is 0 Å². The molecule has 1 fully saturated rings. The van der Waals surface area contributed by atoms with Crippen LogP contribution in [0.4, 0.5) is 0 Å². The van der Waals surface area contributed by atoms with Crippen LogP contribution in [0.2, 0.25) is 0 Å². The van der Waals surface area contributed by atoms with Crippen LogP contribution in [0.3, 0.4) is 0 Å². The number of allylic oxidation sites excluding steroid dienone is 1. The van der Waals surface area contributed by atoms with Gasteiger partial charge in [0.25, 0.3) is 0 Å². The zero-order valence-electron chi connectivity index (χ0n) is 12.1. The van der Waals surface area contributed by atoms with Gasteiger partial charge in [-0.1, -0.05) is 24.3 Å². The van der Waals surface area contributed by atoms with Gasteiger partial charge in [0.05, 0.1) is 17.0 Å². The Labute approximate surface area is 125 Å². The van der Waals surface area contributed by atoms with Crippen LogP contribution in [0, 0.1) is 16.7 Å². The number of likely N-dealkylation sites (tertiary alicyclic amines) is 1. The van der Waals surface area contributed by atoms with Crippen LogP contribution < -0.4 is 0 Å². The number of rotatable bonds is 5. The van der Waals surface area contributed by atoms with Crippen LogP contribution in [0.15, 0.2) is 36.9 Å². The first-order chi connectivity index (χ1) is 10.1. The highest BCUT2D eigenvalue weighted by atomic mass is 16.4. The van der Waals surface area contributed by atoms with E-state index in [0.29, 0.717) is 31.5 Å². The quantitative estimate of drug-likeness (QED) is 0.844. The van der Waals surface area contributed by atoms with E-state index in [-0.39, 0.29) is 0 Å². The maximum absolute atomic E-state index is 11.7. The lowest BCUT2D eigenvalue weighted by Crippen LogP contribution is -2.47. The molecule has 1 heterocycles. The Balaban J connectivity index is 2.16. The van der Waals surface area contributed by atoms with Gasteiger partial charge in [-0.25, -0.2) is 0 Å². The number of piperidine rings is 1. The average molecular weight is 284 g/mol. The van der Waals surface area contributed by atoms with Gasteiger partial charge in [0.1, 0.15) is 0 Å². The first kappa shape index (κ1) is 15.3. The molecule has 0 aliphatic carbocycles. The van der Waals surface area contributed by atoms with Crippen molar-refractivity contribution in [3.8, 4) is 6.07 Å². The van der Waals surface area contributed by atoms with Gasteiger partial charge in [-0.05, 0) is 37.4 Å². The van der Waals surface area contributed by atoms with E-state index in [0.717, 1.165) is 18.5 Å². The largest absolute Gasteiger partial charge is 0.481 e. The third-order valence-electron chi connectivity index (χ3n) is 4.18. The number of carboxylic acid groups (broad SMARTS) is 1. The Morgan fingerprint density at radius 2 is 2.29 bits per heavy atom. The number of hydrogen-bond acceptors (Lipinski definition) is 3. The Kier molecular flexibility index (Phi) is 4.77. The second-order valence-electron chi connectivity index (χ2n) is 5.66. The maximum Gasteiger partial charge on any atom is 0.311 e. The molecule has 0 amide bonds. The summed E-state index contributed by atoms with van der Waals surface area (Å²) >= 11 is 0. The minimum atomic E-state index is -0.749. The van der Waals surface area contributed by atoms with Gasteiger partial charge in [-0.2, -0.15) is 5.26 Å². The molecule has 21 heavy (non-hydrogen) atoms. The van der Waals surface area contributed by atoms with Gasteiger partial charge in [-0.3, -0.25) is 9.69 Å². The molecule has 1 atom stereocenters. The number of nitrogens with zero attached hydrogens (tertiary/aromatic N) is 2. The van der Waals surface area contributed by atoms with Gasteiger partial charge in [0, 0.05) is 13.1 Å². The molecule has 0 radical (unpaired) electrons. The van der Waals surface area contributed by atoms with E-state index in [4.69, 9.17) is 5.26 Å². The number of nitriles is 1. The number of carbonyl (C=O) groups is 1. The van der Waals surface area contributed by atoms with Gasteiger partial charge in [0.15, 0.2) is 0 Å². The first-order valence-corrected chi connectivity index (χ1v) is 7.16. The SMILES string of the molecule is C=CCC1(C(=O)O)CCCN(Cc2ccccc2C#N)C1. The van der Waals surface area contributed by atoms with Crippen molar-refractivity contribution in [3.05, 3.63) is 48.0 Å². The Bertz CT molecular complexity index is 576. The van der Waals surface area contributed by atoms with Crippen molar-refractivity contribution in [3.63, 3.8) is 0 Å². The molecular weight excluding hydrogens is 264 g/mol. The predicted octanol–water partition coefficient (Wildman–Crippen LogP) is 2.80. The molecule has 1 saturated heterocycles. The van der Waals surface area contributed by atoms with Crippen molar-refractivity contribution in [1.29, 1.82) is 5.26 Å². The zero-order chi connectivity index (χ0) is 15.3. The van der Waals surface area contributed by atoms with E-state index in [1.807, 2.05) is 18.2 Å². The standard InChI is InChI=1S/C17H20N2O2/c1-2-8-17(16(20)21)9-5-10-19(13-17)12-15-7-4-3-6-14(15)11-18/h2-4,6-7H,1,5,8-10,12-13H2,(H,20,21). The van der Waals surface area contributed by atoms with Crippen molar-refractivity contribution in [2.45, 2.75) is 25.8 Å². The molecule has 0 spiro atoms. The van der Waals surface area contributed by atoms with Gasteiger partial charge in [-0.15, -0.1) is 6.58 Å². The molecule has 1 aromatic carbocycles. The molecule has 0 saturated carbocycles. The smallest absolute Gasteiger partial charge is 0.311 e. The van der Waals surface area contributed by atoms with E-state index in [9.17, 15) is 9.90 Å². The topological polar surface area (TPSA) is 64.3 Å². The average Bonchev–Trinajstić information content (AvgIpc) is 2.48. The number of carboxylic acids is 1. The normalized spacial score (nSPS) is 22.4. The first-order valence-electron chi connectivity index (χ1n) is 7.16. The minimum Gasteiger partial charge on any atom is -0.481 e. The summed E-state index contributed by atoms with van der Waals surface area (Å²) in [4.78, 5) is 13.8. The predicted molar refractivity (Wildman–Crippen MR) is 80.6 cm³/mol. The molecule has 1 N–H and O–H groups in total. The van der Waals surface area contributed by atoms with Gasteiger partial charge < -0.3 is 5.11 Å². The lowest BCUT2D eigenvalue weighted by atomic mass is 9.77. The van der Waals surface area contributed by atoms with Crippen molar-refractivity contribution < 1.29 is 9.90 Å². The maximum atomic E-state index is 11.7. The Morgan fingerprint density at radius 3 is 2.95 bits per heavy atom. The Morgan fingerprint density at radius 1 is 1.52 bits per heavy atom. The fraction of sp³-hybridized carbons (Fsp3) is 0.412. The van der Waals surface area contributed by atoms with Crippen molar-refractivity contribution in [1.82, 2.24) is 4.90 Å². The number of benzene rings is 1. The van der Waals surface area contributed by atoms with Crippen LogP contribution in [0.5, 0.6) is 0 Å². The number of aliphatic carboxylic acids is 1. The summed E-state index contributed by atoms with van der Waals surface area (Å²) in [5.74, 6) is -0.749. The summed E-state index contributed by atoms with van der Waals surface area (Å²) < 4.78 is 0. The third-order valence-corrected chi connectivity index (χ3v) is 4.18. The van der Waals surface area contributed by atoms with E-state index < -0.39 is 11.4 Å². The number of hydrogen-bond donors (Lipinski definition) is 1. The zero-order valence-corrected chi connectivity index (χ0v) is 12.1. The lowest BCUT2D eigenvalue weighted by molar-refractivity contribution is -0.152. The molecule has 0 aromatic heterocycles. The molecule has 1 unspecified atom stereocenters. The molecule has 1 aliphatic rings. The molecule has 110 valence electrons. The fourth-order valence-electron chi connectivity index (χ4n) is 3.08. The lowest BCUT2D eigenvalue weighted by Gasteiger charge is -2.39. The summed E-state index contributed by atoms with van der Waals surface area (Å²) in [5.41, 5.74) is 0.884. The van der Waals surface area contributed by atoms with Crippen molar-refractivity contribution >= 4 is 5.97 Å². The highest BCUT2D eigenvalue weighted by molar-refractivity contribution is 5.75. The summed E-state index contributed by atoms with van der Waals surface area (Å²) in [6.45, 7) is 5.69. The van der Waals surface area contributed by atoms with E-state index >= 15 is 0 Å². The minimum absolute atomic E-state index is 0.485. The van der Waals surface area contributed by atoms with E-state index in [2.05, 4.69) is 17.5 Å². The monoisotopic (exact) mass is 284 g/mol. The summed E-state index contributed by atoms with van der Waals surface area (Å²) in [7, 11) is 0. The van der Waals surface area contributed by atoms with Crippen LogP contribution in [0.1, 0.15) is 30.4 Å². The van der Waals surface area contributed by atoms with Crippen LogP contribution in [-0.2, 0) is 11.3 Å². The molecule has 1 aliphatic heterocycles. The van der Waals surface area contributed by atoms with Crippen molar-refractivity contribution in [2.24, 2.45) is 5.41 Å². The van der Waals surface area contributed by atoms with Crippen LogP contribution in [-0.4, -0.2) is 29.1 Å². The molecular formula is C17H20N2O2. The molecule has 0 bridgehead atoms. The van der Waals surface area contributed by atoms with Gasteiger partial charge >= 0.3 is 5.97 Å². The third kappa shape index (κ3) is 3.32. The fourth-order valence-corrected chi connectivity index (χ4v) is 3.08. The Hall–Kier alpha value is -2.12. The van der Waals surface area contributed by atoms with Crippen molar-refractivity contribution in [2.75, 3.05) is 13.1 Å². The second kappa shape index (κ2) is 6.55. The van der Waals surface area contributed by atoms with Gasteiger partial charge in [0.2, 0.25) is 0 Å². The second-order valence-corrected chi connectivity index (χ2v) is 5.66. The van der Waals surface area contributed by atoms with Crippen LogP contribution in [0.25, 0.3) is 0 Å². The summed E-state index contributed by atoms with van der Waals surface area (Å²) in [6.07, 6.45) is 3.72. The summed E-state index contributed by atoms with van der Waals surface area (Å²) in [6, 6.07) is 9.68. The molecule has 4 heteroatoms. The molecule has 1 aromatic rings. The van der Waals surface area contributed by atoms with E-state index in [1.54, 1.807) is 12.1 Å². The molecule has 4 nitrogen and oxygen atoms in total. The molecule has 2 rings (SSSR count). The summed E-state index contributed by atoms with van der Waals surface area (Å²) in [5, 5.41) is 18.7. The van der Waals surface area contributed by atoms with Crippen LogP contribution >= 0.6 is 0 Å².